The number of ketones is 1. The van der Waals surface area contributed by atoms with E-state index in [0.717, 1.165) is 115 Å². The SMILES string of the molecule is CC1C2CCCC2CCC1C1C=C2CC3CCCC34CC3CC5(C)C(c6ccoc6CC(C(O)CO)C6CCC7C(C=CN8CNCC78)C6)OC(=O)C6OC65C5(C6CCCCC6)C(O)C(=O)C6C1(C)OC21C4C(=O)OCC61C35. The lowest BCUT2D eigenvalue weighted by Gasteiger charge is -2.72. The Bertz CT molecular complexity index is 2790. The molecule has 422 valence electrons. The summed E-state index contributed by atoms with van der Waals surface area (Å²) in [6.07, 6.45) is 23.9. The van der Waals surface area contributed by atoms with E-state index < -0.39 is 80.7 Å². The van der Waals surface area contributed by atoms with E-state index in [1.807, 2.05) is 6.07 Å². The van der Waals surface area contributed by atoms with Crippen molar-refractivity contribution in [1.29, 1.82) is 0 Å². The van der Waals surface area contributed by atoms with Crippen molar-refractivity contribution < 1.29 is 53.1 Å². The smallest absolute Gasteiger partial charge is 0.339 e. The molecule has 8 heterocycles. The number of ether oxygens (including phenoxy) is 4. The Kier molecular flexibility index (Phi) is 10.4. The maximum absolute atomic E-state index is 17.1. The first-order chi connectivity index (χ1) is 37.7. The van der Waals surface area contributed by atoms with E-state index in [0.29, 0.717) is 54.2 Å². The van der Waals surface area contributed by atoms with E-state index in [1.54, 1.807) is 6.26 Å². The fraction of sp³-hybridized carbons (Fsp3) is 0.831. The summed E-state index contributed by atoms with van der Waals surface area (Å²) in [6.45, 7) is 8.57. The van der Waals surface area contributed by atoms with Crippen LogP contribution in [-0.2, 0) is 39.8 Å². The number of allylic oxidation sites excluding steroid dienone is 1. The summed E-state index contributed by atoms with van der Waals surface area (Å²) in [6, 6.07) is 2.44. The van der Waals surface area contributed by atoms with Crippen molar-refractivity contribution in [2.75, 3.05) is 26.4 Å². The highest BCUT2D eigenvalue weighted by atomic mass is 16.7. The number of fused-ring (bicyclic) bond motifs is 6. The lowest BCUT2D eigenvalue weighted by Crippen LogP contribution is -2.82. The average molecular weight is 1070 g/mol. The van der Waals surface area contributed by atoms with E-state index in [-0.39, 0.29) is 66.4 Å². The highest BCUT2D eigenvalue weighted by molar-refractivity contribution is 5.94. The average Bonchev–Trinajstić information content (AvgIpc) is 1.43. The molecule has 13 heteroatoms. The van der Waals surface area contributed by atoms with Crippen molar-refractivity contribution in [1.82, 2.24) is 10.2 Å². The zero-order valence-electron chi connectivity index (χ0n) is 46.5. The Morgan fingerprint density at radius 2 is 1.71 bits per heavy atom. The van der Waals surface area contributed by atoms with Gasteiger partial charge in [-0.15, -0.1) is 0 Å². The van der Waals surface area contributed by atoms with E-state index in [4.69, 9.17) is 23.4 Å². The Morgan fingerprint density at radius 3 is 2.55 bits per heavy atom. The molecule has 5 bridgehead atoms. The number of hydrogen-bond donors (Lipinski definition) is 4. The van der Waals surface area contributed by atoms with Crippen molar-refractivity contribution in [2.24, 2.45) is 110 Å². The number of esters is 2. The molecule has 13 nitrogen and oxygen atoms in total. The Balaban J connectivity index is 0.833. The highest BCUT2D eigenvalue weighted by Gasteiger charge is 2.98. The molecular weight excluding hydrogens is 985 g/mol. The third-order valence-corrected chi connectivity index (χ3v) is 28.4. The van der Waals surface area contributed by atoms with Crippen LogP contribution in [0.4, 0.5) is 0 Å². The zero-order chi connectivity index (χ0) is 52.8. The van der Waals surface area contributed by atoms with Crippen LogP contribution in [0.25, 0.3) is 0 Å². The predicted octanol–water partition coefficient (Wildman–Crippen LogP) is 8.39. The number of aliphatic hydroxyl groups is 3. The summed E-state index contributed by atoms with van der Waals surface area (Å²) in [5.41, 5.74) is -4.93. The molecule has 9 saturated carbocycles. The van der Waals surface area contributed by atoms with Crippen LogP contribution < -0.4 is 5.32 Å². The van der Waals surface area contributed by atoms with Crippen LogP contribution in [0, 0.1) is 110 Å². The van der Waals surface area contributed by atoms with Crippen molar-refractivity contribution in [3.63, 3.8) is 0 Å². The second-order valence-corrected chi connectivity index (χ2v) is 30.3. The van der Waals surface area contributed by atoms with Gasteiger partial charge < -0.3 is 43.6 Å². The second-order valence-electron chi connectivity index (χ2n) is 30.3. The molecular formula is C65H86N2O11. The summed E-state index contributed by atoms with van der Waals surface area (Å²) >= 11 is 0. The van der Waals surface area contributed by atoms with Gasteiger partial charge in [0.25, 0.3) is 0 Å². The van der Waals surface area contributed by atoms with Gasteiger partial charge in [0.2, 0.25) is 0 Å². The quantitative estimate of drug-likeness (QED) is 0.111. The molecule has 4 spiro atoms. The number of hydrogen-bond acceptors (Lipinski definition) is 13. The Labute approximate surface area is 460 Å². The van der Waals surface area contributed by atoms with Gasteiger partial charge in [-0.2, -0.15) is 0 Å². The molecule has 17 rings (SSSR count). The summed E-state index contributed by atoms with van der Waals surface area (Å²) in [4.78, 5) is 50.5. The number of epoxide rings is 1. The van der Waals surface area contributed by atoms with Crippen LogP contribution in [0.15, 0.2) is 40.7 Å². The van der Waals surface area contributed by atoms with Gasteiger partial charge >= 0.3 is 11.9 Å². The van der Waals surface area contributed by atoms with Gasteiger partial charge in [-0.25, -0.2) is 4.79 Å². The molecule has 9 aliphatic carbocycles. The van der Waals surface area contributed by atoms with Gasteiger partial charge in [-0.3, -0.25) is 14.9 Å². The lowest BCUT2D eigenvalue weighted by molar-refractivity contribution is -0.300. The number of rotatable bonds is 8. The number of carbonyl (C=O) groups excluding carboxylic acids is 3. The Morgan fingerprint density at radius 1 is 0.872 bits per heavy atom. The van der Waals surface area contributed by atoms with Crippen LogP contribution in [0.2, 0.25) is 0 Å². The summed E-state index contributed by atoms with van der Waals surface area (Å²) in [5, 5.41) is 40.6. The molecule has 0 amide bonds. The third kappa shape index (κ3) is 5.54. The van der Waals surface area contributed by atoms with Gasteiger partial charge in [-0.05, 0) is 185 Å². The number of Topliss-reactive ketones (excluding diaryl/α,β-unsaturated/α-hetero) is 1. The van der Waals surface area contributed by atoms with Gasteiger partial charge in [0.05, 0.1) is 48.5 Å². The van der Waals surface area contributed by atoms with Crippen LogP contribution in [0.3, 0.4) is 0 Å². The molecule has 0 radical (unpaired) electrons. The number of nitrogens with one attached hydrogen (secondary N) is 1. The van der Waals surface area contributed by atoms with Crippen molar-refractivity contribution in [3.05, 3.63) is 47.6 Å². The van der Waals surface area contributed by atoms with Crippen LogP contribution in [-0.4, -0.2) is 106 Å². The predicted molar refractivity (Wildman–Crippen MR) is 283 cm³/mol. The van der Waals surface area contributed by atoms with E-state index in [1.165, 1.54) is 31.3 Å². The molecule has 26 unspecified atom stereocenters. The number of aliphatic hydroxyl groups excluding tert-OH is 3. The van der Waals surface area contributed by atoms with Crippen molar-refractivity contribution in [2.45, 2.75) is 196 Å². The standard InChI is InChI=1S/C65H86N2O11/c1-33-41-13-7-9-34(41)14-16-42(33)46-25-40-24-39-12-8-20-61(39)28-37-27-59(2)55(44-19-22-74-49(44)26-45(48(69)30-68)35-15-17-43-36(23-35)18-21-67-32-66-29-47(43)67)76-58(73)56-65(59,77-56)63(38-10-5-4-6-11-38)51(37)62-31-75-57(72)53(61)64(40,62)78-60(46,3)52(62)50(70)54(63)71/h18-19,21-22,25,33-39,41-43,45-48,51-56,66,68-69,71H,4-17,20,23-24,26-32H2,1-3H3. The molecule has 0 aromatic carbocycles. The van der Waals surface area contributed by atoms with E-state index in [2.05, 4.69) is 49.3 Å². The molecule has 5 saturated heterocycles. The minimum absolute atomic E-state index is 0.0502. The number of cyclic esters (lactones) is 2. The molecule has 1 aromatic heterocycles. The third-order valence-electron chi connectivity index (χ3n) is 28.4. The van der Waals surface area contributed by atoms with Crippen molar-refractivity contribution in [3.8, 4) is 0 Å². The molecule has 4 N–H and O–H groups in total. The number of nitrogens with zero attached hydrogens (tertiary/aromatic N) is 1. The minimum Gasteiger partial charge on any atom is -0.469 e. The van der Waals surface area contributed by atoms with E-state index in [9.17, 15) is 15.3 Å². The monoisotopic (exact) mass is 1070 g/mol. The van der Waals surface area contributed by atoms with E-state index >= 15 is 14.4 Å². The highest BCUT2D eigenvalue weighted by Crippen LogP contribution is 2.90. The Hall–Kier alpha value is -3.07. The summed E-state index contributed by atoms with van der Waals surface area (Å²) in [7, 11) is 0. The van der Waals surface area contributed by atoms with Crippen molar-refractivity contribution >= 4 is 17.7 Å². The second kappa shape index (κ2) is 16.4. The molecule has 26 atom stereocenters. The van der Waals surface area contributed by atoms with Gasteiger partial charge in [0.1, 0.15) is 35.8 Å². The first-order valence-corrected chi connectivity index (χ1v) is 31.9. The number of carbonyl (C=O) groups is 3. The fourth-order valence-electron chi connectivity index (χ4n) is 26.2. The maximum atomic E-state index is 17.1. The molecule has 7 aliphatic heterocycles. The largest absolute Gasteiger partial charge is 0.469 e. The first kappa shape index (κ1) is 49.5. The first-order valence-electron chi connectivity index (χ1n) is 31.9. The molecule has 78 heavy (non-hydrogen) atoms. The maximum Gasteiger partial charge on any atom is 0.339 e. The molecule has 14 fully saturated rings. The molecule has 16 aliphatic rings. The van der Waals surface area contributed by atoms with Gasteiger partial charge in [0, 0.05) is 41.3 Å². The zero-order valence-corrected chi connectivity index (χ0v) is 46.5. The number of furan rings is 1. The summed E-state index contributed by atoms with van der Waals surface area (Å²) < 4.78 is 36.3. The van der Waals surface area contributed by atoms with Gasteiger partial charge in [0.15, 0.2) is 11.9 Å². The van der Waals surface area contributed by atoms with Crippen LogP contribution in [0.5, 0.6) is 0 Å². The molecule has 1 aromatic rings. The van der Waals surface area contributed by atoms with Gasteiger partial charge in [-0.1, -0.05) is 64.5 Å². The topological polar surface area (TPSA) is 181 Å². The van der Waals surface area contributed by atoms with Crippen LogP contribution >= 0.6 is 0 Å². The van der Waals surface area contributed by atoms with Crippen LogP contribution in [0.1, 0.15) is 160 Å². The minimum atomic E-state index is -1.45. The lowest BCUT2D eigenvalue weighted by atomic mass is 9.30. The fourth-order valence-corrected chi connectivity index (χ4v) is 26.2. The summed E-state index contributed by atoms with van der Waals surface area (Å²) in [5.74, 6) is 1.11. The normalized spacial score (nSPS) is 55.3.